The topological polar surface area (TPSA) is 73.2 Å². The van der Waals surface area contributed by atoms with Crippen molar-refractivity contribution >= 4 is 40.2 Å². The zero-order valence-corrected chi connectivity index (χ0v) is 17.0. The van der Waals surface area contributed by atoms with E-state index in [4.69, 9.17) is 9.72 Å². The summed E-state index contributed by atoms with van der Waals surface area (Å²) in [6, 6.07) is 14.9. The average molecular weight is 398 g/mol. The van der Waals surface area contributed by atoms with Crippen molar-refractivity contribution in [1.29, 1.82) is 0 Å². The molecule has 2 aromatic carbocycles. The number of fused-ring (bicyclic) bond motifs is 1. The molecule has 6 nitrogen and oxygen atoms in total. The van der Waals surface area contributed by atoms with Crippen molar-refractivity contribution in [3.05, 3.63) is 54.1 Å². The molecule has 0 aliphatic heterocycles. The Kier molecular flexibility index (Phi) is 6.49. The van der Waals surface area contributed by atoms with Crippen LogP contribution in [-0.4, -0.2) is 40.2 Å². The van der Waals surface area contributed by atoms with Crippen molar-refractivity contribution in [1.82, 2.24) is 9.55 Å². The highest BCUT2D eigenvalue weighted by atomic mass is 32.2. The first-order valence-electron chi connectivity index (χ1n) is 9.02. The second-order valence-electron chi connectivity index (χ2n) is 6.41. The summed E-state index contributed by atoms with van der Waals surface area (Å²) >= 11 is 1.44. The van der Waals surface area contributed by atoms with Crippen LogP contribution in [-0.2, 0) is 16.1 Å². The Morgan fingerprint density at radius 3 is 2.57 bits per heavy atom. The second kappa shape index (κ2) is 9.03. The largest absolute Gasteiger partial charge is 0.383 e. The van der Waals surface area contributed by atoms with Gasteiger partial charge in [0, 0.05) is 31.8 Å². The monoisotopic (exact) mass is 397 g/mol. The van der Waals surface area contributed by atoms with E-state index in [9.17, 15) is 9.59 Å². The molecule has 1 unspecified atom stereocenters. The van der Waals surface area contributed by atoms with E-state index in [1.807, 2.05) is 31.2 Å². The summed E-state index contributed by atoms with van der Waals surface area (Å²) in [6.07, 6.45) is 0. The van der Waals surface area contributed by atoms with E-state index in [2.05, 4.69) is 9.88 Å². The highest BCUT2D eigenvalue weighted by Crippen LogP contribution is 2.29. The zero-order valence-electron chi connectivity index (χ0n) is 16.1. The number of imidazole rings is 1. The smallest absolute Gasteiger partial charge is 0.221 e. The SMILES string of the molecule is COCCn1c(SC(C)C(=O)c2ccc(NC(C)=O)cc2)nc2ccccc21. The molecule has 0 radical (unpaired) electrons. The van der Waals surface area contributed by atoms with E-state index >= 15 is 0 Å². The van der Waals surface area contributed by atoms with E-state index in [1.54, 1.807) is 31.4 Å². The highest BCUT2D eigenvalue weighted by Gasteiger charge is 2.20. The number of nitrogens with zero attached hydrogens (tertiary/aromatic N) is 2. The van der Waals surface area contributed by atoms with E-state index in [-0.39, 0.29) is 16.9 Å². The number of ether oxygens (including phenoxy) is 1. The van der Waals surface area contributed by atoms with Crippen molar-refractivity contribution in [3.8, 4) is 0 Å². The van der Waals surface area contributed by atoms with Crippen molar-refractivity contribution < 1.29 is 14.3 Å². The molecule has 3 aromatic rings. The molecular formula is C21H23N3O3S. The first kappa shape index (κ1) is 20.1. The molecule has 28 heavy (non-hydrogen) atoms. The van der Waals surface area contributed by atoms with Gasteiger partial charge in [-0.2, -0.15) is 0 Å². The predicted octanol–water partition coefficient (Wildman–Crippen LogP) is 4.00. The Labute approximate surface area is 168 Å². The number of anilines is 1. The van der Waals surface area contributed by atoms with Crippen LogP contribution in [0, 0.1) is 0 Å². The second-order valence-corrected chi connectivity index (χ2v) is 7.72. The van der Waals surface area contributed by atoms with Gasteiger partial charge in [-0.1, -0.05) is 23.9 Å². The number of amides is 1. The number of carbonyl (C=O) groups is 2. The number of methoxy groups -OCH3 is 1. The Bertz CT molecular complexity index is 982. The van der Waals surface area contributed by atoms with Gasteiger partial charge in [-0.05, 0) is 43.3 Å². The standard InChI is InChI=1S/C21H23N3O3S/c1-14(20(26)16-8-10-17(11-9-16)22-15(2)25)28-21-23-18-6-4-5-7-19(18)24(21)12-13-27-3/h4-11,14H,12-13H2,1-3H3,(H,22,25). The molecule has 0 saturated heterocycles. The lowest BCUT2D eigenvalue weighted by atomic mass is 10.1. The number of hydrogen-bond acceptors (Lipinski definition) is 5. The molecule has 1 heterocycles. The number of aromatic nitrogens is 2. The predicted molar refractivity (Wildman–Crippen MR) is 112 cm³/mol. The van der Waals surface area contributed by atoms with Gasteiger partial charge in [0.05, 0.1) is 22.9 Å². The fourth-order valence-corrected chi connectivity index (χ4v) is 3.94. The zero-order chi connectivity index (χ0) is 20.1. The van der Waals surface area contributed by atoms with Gasteiger partial charge >= 0.3 is 0 Å². The van der Waals surface area contributed by atoms with Crippen LogP contribution in [0.15, 0.2) is 53.7 Å². The molecule has 0 aliphatic rings. The lowest BCUT2D eigenvalue weighted by molar-refractivity contribution is -0.114. The van der Waals surface area contributed by atoms with Gasteiger partial charge < -0.3 is 14.6 Å². The number of Topliss-reactive ketones (excluding diaryl/α,β-unsaturated/α-hetero) is 1. The van der Waals surface area contributed by atoms with E-state index in [0.717, 1.165) is 16.2 Å². The maximum atomic E-state index is 12.9. The summed E-state index contributed by atoms with van der Waals surface area (Å²) in [6.45, 7) is 4.58. The molecule has 1 amide bonds. The number of benzene rings is 2. The molecular weight excluding hydrogens is 374 g/mol. The Morgan fingerprint density at radius 1 is 1.18 bits per heavy atom. The summed E-state index contributed by atoms with van der Waals surface area (Å²) in [5.74, 6) is -0.123. The number of nitrogens with one attached hydrogen (secondary N) is 1. The Morgan fingerprint density at radius 2 is 1.89 bits per heavy atom. The summed E-state index contributed by atoms with van der Waals surface area (Å²) in [4.78, 5) is 28.7. The van der Waals surface area contributed by atoms with E-state index in [0.29, 0.717) is 24.4 Å². The third-order valence-electron chi connectivity index (χ3n) is 4.28. The fourth-order valence-electron chi connectivity index (χ4n) is 2.91. The molecule has 0 fully saturated rings. The third kappa shape index (κ3) is 4.61. The Hall–Kier alpha value is -2.64. The fraction of sp³-hybridized carbons (Fsp3) is 0.286. The lowest BCUT2D eigenvalue weighted by Crippen LogP contribution is -2.15. The van der Waals surface area contributed by atoms with Gasteiger partial charge in [-0.25, -0.2) is 4.98 Å². The average Bonchev–Trinajstić information content (AvgIpc) is 3.02. The highest BCUT2D eigenvalue weighted by molar-refractivity contribution is 8.00. The van der Waals surface area contributed by atoms with Crippen LogP contribution in [0.4, 0.5) is 5.69 Å². The molecule has 1 aromatic heterocycles. The maximum Gasteiger partial charge on any atom is 0.221 e. The van der Waals surface area contributed by atoms with E-state index in [1.165, 1.54) is 18.7 Å². The lowest BCUT2D eigenvalue weighted by Gasteiger charge is -2.13. The van der Waals surface area contributed by atoms with Crippen molar-refractivity contribution in [3.63, 3.8) is 0 Å². The van der Waals surface area contributed by atoms with Gasteiger partial charge in [-0.15, -0.1) is 0 Å². The van der Waals surface area contributed by atoms with Crippen LogP contribution >= 0.6 is 11.8 Å². The van der Waals surface area contributed by atoms with Gasteiger partial charge in [0.2, 0.25) is 5.91 Å². The molecule has 0 saturated carbocycles. The minimum Gasteiger partial charge on any atom is -0.383 e. The number of rotatable bonds is 8. The van der Waals surface area contributed by atoms with Crippen molar-refractivity contribution in [2.24, 2.45) is 0 Å². The number of hydrogen-bond donors (Lipinski definition) is 1. The minimum atomic E-state index is -0.301. The van der Waals surface area contributed by atoms with Crippen LogP contribution in [0.3, 0.4) is 0 Å². The molecule has 7 heteroatoms. The van der Waals surface area contributed by atoms with E-state index < -0.39 is 0 Å². The van der Waals surface area contributed by atoms with Crippen LogP contribution in [0.1, 0.15) is 24.2 Å². The van der Waals surface area contributed by atoms with Crippen LogP contribution < -0.4 is 5.32 Å². The minimum absolute atomic E-state index is 0.0183. The molecule has 0 bridgehead atoms. The molecule has 1 N–H and O–H groups in total. The van der Waals surface area contributed by atoms with Crippen LogP contribution in [0.2, 0.25) is 0 Å². The first-order chi connectivity index (χ1) is 13.5. The molecule has 3 rings (SSSR count). The van der Waals surface area contributed by atoms with Gasteiger partial charge in [0.15, 0.2) is 10.9 Å². The molecule has 0 spiro atoms. The normalized spacial score (nSPS) is 12.1. The van der Waals surface area contributed by atoms with Gasteiger partial charge in [-0.3, -0.25) is 9.59 Å². The first-order valence-corrected chi connectivity index (χ1v) is 9.90. The number of ketones is 1. The molecule has 1 atom stereocenters. The quantitative estimate of drug-likeness (QED) is 0.459. The molecule has 0 aliphatic carbocycles. The van der Waals surface area contributed by atoms with Gasteiger partial charge in [0.1, 0.15) is 0 Å². The summed E-state index contributed by atoms with van der Waals surface area (Å²) in [5, 5.41) is 3.20. The summed E-state index contributed by atoms with van der Waals surface area (Å²) < 4.78 is 7.32. The number of para-hydroxylation sites is 2. The van der Waals surface area contributed by atoms with Crippen molar-refractivity contribution in [2.75, 3.05) is 19.0 Å². The number of carbonyl (C=O) groups excluding carboxylic acids is 2. The number of thioether (sulfide) groups is 1. The van der Waals surface area contributed by atoms with Crippen LogP contribution in [0.25, 0.3) is 11.0 Å². The third-order valence-corrected chi connectivity index (χ3v) is 5.37. The van der Waals surface area contributed by atoms with Gasteiger partial charge in [0.25, 0.3) is 0 Å². The maximum absolute atomic E-state index is 12.9. The molecule has 146 valence electrons. The summed E-state index contributed by atoms with van der Waals surface area (Å²) in [5.41, 5.74) is 3.21. The summed E-state index contributed by atoms with van der Waals surface area (Å²) in [7, 11) is 1.67. The van der Waals surface area contributed by atoms with Crippen LogP contribution in [0.5, 0.6) is 0 Å². The Balaban J connectivity index is 1.79. The van der Waals surface area contributed by atoms with Crippen molar-refractivity contribution in [2.45, 2.75) is 30.8 Å².